The van der Waals surface area contributed by atoms with Crippen LogP contribution in [0.1, 0.15) is 28.7 Å². The van der Waals surface area contributed by atoms with Crippen LogP contribution in [0.2, 0.25) is 0 Å². The van der Waals surface area contributed by atoms with Crippen LogP contribution in [0.5, 0.6) is 5.75 Å². The first-order valence-corrected chi connectivity index (χ1v) is 6.92. The molecule has 0 aliphatic heterocycles. The summed E-state index contributed by atoms with van der Waals surface area (Å²) in [4.78, 5) is 27.3. The maximum Gasteiger partial charge on any atom is 0.316 e. The Bertz CT molecular complexity index is 709. The van der Waals surface area contributed by atoms with Crippen molar-refractivity contribution in [3.8, 4) is 5.75 Å². The summed E-state index contributed by atoms with van der Waals surface area (Å²) < 4.78 is 20.1. The Balaban J connectivity index is 1.89. The molecule has 9 nitrogen and oxygen atoms in total. The van der Waals surface area contributed by atoms with E-state index in [1.807, 2.05) is 0 Å². The zero-order chi connectivity index (χ0) is 16.7. The van der Waals surface area contributed by atoms with Crippen LogP contribution in [-0.2, 0) is 11.3 Å². The standard InChI is InChI=1S/C14H17N3O6/c1-9-12(10(18)4-7-21-9)22-8-11-16-14(23-17-11)13(19)15-5-3-6-20-2/h4,7H,3,5-6,8H2,1-2H3,(H,15,19). The molecule has 0 aliphatic carbocycles. The van der Waals surface area contributed by atoms with Crippen molar-refractivity contribution in [1.29, 1.82) is 0 Å². The van der Waals surface area contributed by atoms with Gasteiger partial charge in [0.1, 0.15) is 5.76 Å². The van der Waals surface area contributed by atoms with E-state index >= 15 is 0 Å². The number of nitrogens with zero attached hydrogens (tertiary/aromatic N) is 2. The van der Waals surface area contributed by atoms with Gasteiger partial charge in [-0.15, -0.1) is 0 Å². The molecule has 0 fully saturated rings. The van der Waals surface area contributed by atoms with Crippen LogP contribution < -0.4 is 15.5 Å². The quantitative estimate of drug-likeness (QED) is 0.705. The Labute approximate surface area is 131 Å². The van der Waals surface area contributed by atoms with Gasteiger partial charge in [0.15, 0.2) is 6.61 Å². The molecule has 0 aromatic carbocycles. The van der Waals surface area contributed by atoms with Gasteiger partial charge in [0.2, 0.25) is 17.0 Å². The fraction of sp³-hybridized carbons (Fsp3) is 0.429. The molecule has 0 saturated heterocycles. The average molecular weight is 323 g/mol. The molecular weight excluding hydrogens is 306 g/mol. The van der Waals surface area contributed by atoms with Crippen LogP contribution in [0.4, 0.5) is 0 Å². The Kier molecular flexibility index (Phi) is 5.87. The minimum Gasteiger partial charge on any atom is -0.478 e. The minimum atomic E-state index is -0.477. The fourth-order valence-electron chi connectivity index (χ4n) is 1.71. The molecule has 124 valence electrons. The monoisotopic (exact) mass is 323 g/mol. The van der Waals surface area contributed by atoms with E-state index in [9.17, 15) is 9.59 Å². The average Bonchev–Trinajstić information content (AvgIpc) is 3.00. The number of ether oxygens (including phenoxy) is 2. The van der Waals surface area contributed by atoms with Gasteiger partial charge >= 0.3 is 11.8 Å². The van der Waals surface area contributed by atoms with Gasteiger partial charge in [0, 0.05) is 26.3 Å². The summed E-state index contributed by atoms with van der Waals surface area (Å²) in [6, 6.07) is 1.25. The Morgan fingerprint density at radius 2 is 2.26 bits per heavy atom. The van der Waals surface area contributed by atoms with Gasteiger partial charge in [-0.2, -0.15) is 4.98 Å². The molecule has 9 heteroatoms. The molecule has 1 N–H and O–H groups in total. The molecule has 0 atom stereocenters. The zero-order valence-electron chi connectivity index (χ0n) is 12.8. The highest BCUT2D eigenvalue weighted by Gasteiger charge is 2.16. The van der Waals surface area contributed by atoms with E-state index in [0.717, 1.165) is 0 Å². The molecule has 2 aromatic rings. The SMILES string of the molecule is COCCCNC(=O)c1nc(COc2c(C)occc2=O)no1. The Hall–Kier alpha value is -2.68. The molecule has 2 rings (SSSR count). The predicted octanol–water partition coefficient (Wildman–Crippen LogP) is 0.677. The third-order valence-electron chi connectivity index (χ3n) is 2.83. The number of carbonyl (C=O) groups is 1. The van der Waals surface area contributed by atoms with Crippen molar-refractivity contribution in [1.82, 2.24) is 15.5 Å². The normalized spacial score (nSPS) is 10.5. The first kappa shape index (κ1) is 16.7. The number of amides is 1. The van der Waals surface area contributed by atoms with Crippen LogP contribution in [-0.4, -0.2) is 36.3 Å². The van der Waals surface area contributed by atoms with Crippen LogP contribution in [0.3, 0.4) is 0 Å². The summed E-state index contributed by atoms with van der Waals surface area (Å²) in [7, 11) is 1.58. The molecule has 2 heterocycles. The molecular formula is C14H17N3O6. The highest BCUT2D eigenvalue weighted by atomic mass is 16.5. The van der Waals surface area contributed by atoms with Gasteiger partial charge in [-0.25, -0.2) is 0 Å². The molecule has 0 bridgehead atoms. The molecule has 23 heavy (non-hydrogen) atoms. The number of aromatic nitrogens is 2. The van der Waals surface area contributed by atoms with Crippen molar-refractivity contribution in [2.24, 2.45) is 0 Å². The molecule has 0 aliphatic rings. The van der Waals surface area contributed by atoms with Gasteiger partial charge in [-0.3, -0.25) is 9.59 Å². The lowest BCUT2D eigenvalue weighted by Gasteiger charge is -2.03. The summed E-state index contributed by atoms with van der Waals surface area (Å²) in [6.45, 7) is 2.47. The van der Waals surface area contributed by atoms with E-state index in [1.165, 1.54) is 12.3 Å². The number of aryl methyl sites for hydroxylation is 1. The largest absolute Gasteiger partial charge is 0.478 e. The van der Waals surface area contributed by atoms with Gasteiger partial charge in [0.25, 0.3) is 0 Å². The van der Waals surface area contributed by atoms with Crippen molar-refractivity contribution >= 4 is 5.91 Å². The maximum atomic E-state index is 11.7. The van der Waals surface area contributed by atoms with E-state index in [1.54, 1.807) is 14.0 Å². The second-order valence-corrected chi connectivity index (χ2v) is 4.58. The lowest BCUT2D eigenvalue weighted by molar-refractivity contribution is 0.0905. The highest BCUT2D eigenvalue weighted by molar-refractivity contribution is 5.89. The molecule has 0 saturated carbocycles. The van der Waals surface area contributed by atoms with Crippen molar-refractivity contribution in [2.75, 3.05) is 20.3 Å². The lowest BCUT2D eigenvalue weighted by atomic mass is 10.4. The first-order chi connectivity index (χ1) is 11.1. The van der Waals surface area contributed by atoms with Crippen LogP contribution in [0, 0.1) is 6.92 Å². The Morgan fingerprint density at radius 1 is 1.43 bits per heavy atom. The van der Waals surface area contributed by atoms with E-state index in [4.69, 9.17) is 18.4 Å². The van der Waals surface area contributed by atoms with Crippen LogP contribution in [0.15, 0.2) is 26.1 Å². The third kappa shape index (κ3) is 4.65. The van der Waals surface area contributed by atoms with Crippen molar-refractivity contribution in [2.45, 2.75) is 20.0 Å². The molecule has 2 aromatic heterocycles. The van der Waals surface area contributed by atoms with Gasteiger partial charge in [0.05, 0.1) is 6.26 Å². The Morgan fingerprint density at radius 3 is 3.00 bits per heavy atom. The second-order valence-electron chi connectivity index (χ2n) is 4.58. The summed E-state index contributed by atoms with van der Waals surface area (Å²) >= 11 is 0. The maximum absolute atomic E-state index is 11.7. The molecule has 0 spiro atoms. The summed E-state index contributed by atoms with van der Waals surface area (Å²) in [5.74, 6) is -0.0808. The molecule has 0 unspecified atom stereocenters. The van der Waals surface area contributed by atoms with Crippen LogP contribution >= 0.6 is 0 Å². The van der Waals surface area contributed by atoms with E-state index in [2.05, 4.69) is 15.5 Å². The second kappa shape index (κ2) is 8.08. The van der Waals surface area contributed by atoms with Crippen molar-refractivity contribution in [3.05, 3.63) is 40.0 Å². The molecule has 0 radical (unpaired) electrons. The van der Waals surface area contributed by atoms with E-state index < -0.39 is 5.91 Å². The van der Waals surface area contributed by atoms with Gasteiger partial charge in [-0.05, 0) is 13.3 Å². The number of hydrogen-bond acceptors (Lipinski definition) is 8. The smallest absolute Gasteiger partial charge is 0.316 e. The van der Waals surface area contributed by atoms with Gasteiger partial charge in [-0.1, -0.05) is 5.16 Å². The van der Waals surface area contributed by atoms with E-state index in [-0.39, 0.29) is 29.5 Å². The predicted molar refractivity (Wildman–Crippen MR) is 77.2 cm³/mol. The van der Waals surface area contributed by atoms with Crippen molar-refractivity contribution < 1.29 is 23.2 Å². The summed E-state index contributed by atoms with van der Waals surface area (Å²) in [6.07, 6.45) is 1.96. The lowest BCUT2D eigenvalue weighted by Crippen LogP contribution is -2.25. The summed E-state index contributed by atoms with van der Waals surface area (Å²) in [5, 5.41) is 6.24. The van der Waals surface area contributed by atoms with Gasteiger partial charge < -0.3 is 23.7 Å². The number of carbonyl (C=O) groups excluding carboxylic acids is 1. The highest BCUT2D eigenvalue weighted by Crippen LogP contribution is 2.12. The number of rotatable bonds is 8. The summed E-state index contributed by atoms with van der Waals surface area (Å²) in [5.41, 5.74) is -0.312. The zero-order valence-corrected chi connectivity index (χ0v) is 12.8. The molecule has 1 amide bonds. The number of methoxy groups -OCH3 is 1. The minimum absolute atomic E-state index is 0.0721. The topological polar surface area (TPSA) is 117 Å². The number of hydrogen-bond donors (Lipinski definition) is 1. The first-order valence-electron chi connectivity index (χ1n) is 6.92. The third-order valence-corrected chi connectivity index (χ3v) is 2.83. The fourth-order valence-corrected chi connectivity index (χ4v) is 1.71. The van der Waals surface area contributed by atoms with Crippen LogP contribution in [0.25, 0.3) is 0 Å². The van der Waals surface area contributed by atoms with Crippen molar-refractivity contribution in [3.63, 3.8) is 0 Å². The number of nitrogens with one attached hydrogen (secondary N) is 1. The van der Waals surface area contributed by atoms with E-state index in [0.29, 0.717) is 25.3 Å².